The van der Waals surface area contributed by atoms with Gasteiger partial charge in [0.25, 0.3) is 0 Å². The average molecular weight is 262 g/mol. The van der Waals surface area contributed by atoms with E-state index in [1.54, 1.807) is 0 Å². The van der Waals surface area contributed by atoms with Crippen LogP contribution in [-0.4, -0.2) is 21.3 Å². The second-order valence-electron chi connectivity index (χ2n) is 4.66. The highest BCUT2D eigenvalue weighted by Crippen LogP contribution is 2.19. The molecule has 0 bridgehead atoms. The summed E-state index contributed by atoms with van der Waals surface area (Å²) in [4.78, 5) is 4.47. The van der Waals surface area contributed by atoms with Gasteiger partial charge in [-0.25, -0.2) is 4.63 Å². The highest BCUT2D eigenvalue weighted by atomic mass is 16.6. The number of nitrogens with zero attached hydrogens (tertiary/aromatic N) is 3. The molecule has 0 aliphatic carbocycles. The number of nitrogens with two attached hydrogens (primary N) is 1. The van der Waals surface area contributed by atoms with Crippen LogP contribution < -0.4 is 10.5 Å². The van der Waals surface area contributed by atoms with Crippen LogP contribution in [0.5, 0.6) is 5.75 Å². The molecule has 0 amide bonds. The van der Waals surface area contributed by atoms with E-state index in [9.17, 15) is 0 Å². The van der Waals surface area contributed by atoms with Crippen molar-refractivity contribution in [2.24, 2.45) is 5.73 Å². The first-order valence-corrected chi connectivity index (χ1v) is 6.19. The van der Waals surface area contributed by atoms with Crippen LogP contribution >= 0.6 is 0 Å². The van der Waals surface area contributed by atoms with Gasteiger partial charge in [-0.1, -0.05) is 10.3 Å². The lowest BCUT2D eigenvalue weighted by atomic mass is 10.1. The van der Waals surface area contributed by atoms with E-state index >= 15 is 0 Å². The predicted octanol–water partition coefficient (Wildman–Crippen LogP) is 1.55. The minimum atomic E-state index is 0.0344. The summed E-state index contributed by atoms with van der Waals surface area (Å²) < 4.78 is 10.4. The molecular weight excluding hydrogens is 244 g/mol. The van der Waals surface area contributed by atoms with Crippen molar-refractivity contribution in [3.63, 3.8) is 0 Å². The van der Waals surface area contributed by atoms with Gasteiger partial charge in [-0.2, -0.15) is 0 Å². The van der Waals surface area contributed by atoms with Crippen molar-refractivity contribution in [1.82, 2.24) is 15.3 Å². The van der Waals surface area contributed by atoms with Crippen LogP contribution in [0, 0.1) is 13.8 Å². The third-order valence-electron chi connectivity index (χ3n) is 2.70. The van der Waals surface area contributed by atoms with Crippen molar-refractivity contribution in [3.8, 4) is 5.75 Å². The maximum atomic E-state index is 5.83. The lowest BCUT2D eigenvalue weighted by molar-refractivity contribution is 0.267. The molecule has 1 unspecified atom stereocenters. The molecule has 0 aliphatic heterocycles. The summed E-state index contributed by atoms with van der Waals surface area (Å²) in [6.07, 6.45) is 0.674. The van der Waals surface area contributed by atoms with Crippen LogP contribution in [0.4, 0.5) is 0 Å². The van der Waals surface area contributed by atoms with E-state index in [1.165, 1.54) is 0 Å². The Morgan fingerprint density at radius 2 is 2.05 bits per heavy atom. The molecule has 0 saturated heterocycles. The molecule has 0 saturated carbocycles. The summed E-state index contributed by atoms with van der Waals surface area (Å²) in [6, 6.07) is 3.85. The first kappa shape index (κ1) is 13.5. The molecule has 6 heteroatoms. The highest BCUT2D eigenvalue weighted by molar-refractivity contribution is 5.30. The summed E-state index contributed by atoms with van der Waals surface area (Å²) in [5.74, 6) is 0.727. The summed E-state index contributed by atoms with van der Waals surface area (Å²) in [5, 5.41) is 7.49. The Morgan fingerprint density at radius 1 is 1.26 bits per heavy atom. The zero-order valence-electron chi connectivity index (χ0n) is 11.4. The Balaban J connectivity index is 2.13. The summed E-state index contributed by atoms with van der Waals surface area (Å²) in [5.41, 5.74) is 9.05. The number of hydrogen-bond donors (Lipinski definition) is 1. The lowest BCUT2D eigenvalue weighted by Gasteiger charge is -2.12. The molecule has 0 radical (unpaired) electrons. The van der Waals surface area contributed by atoms with Crippen molar-refractivity contribution in [3.05, 3.63) is 34.9 Å². The molecular formula is C13H18N4O2. The SMILES string of the molecule is Cc1ccc(OCc2nonc2C)c(CC(C)N)n1. The molecule has 2 aromatic heterocycles. The van der Waals surface area contributed by atoms with Crippen LogP contribution in [0.15, 0.2) is 16.8 Å². The molecule has 19 heavy (non-hydrogen) atoms. The van der Waals surface area contributed by atoms with Crippen LogP contribution in [0.2, 0.25) is 0 Å². The number of aromatic nitrogens is 3. The number of rotatable bonds is 5. The maximum absolute atomic E-state index is 5.83. The Bertz CT molecular complexity index is 551. The minimum Gasteiger partial charge on any atom is -0.485 e. The zero-order valence-corrected chi connectivity index (χ0v) is 11.4. The Labute approximate surface area is 111 Å². The van der Waals surface area contributed by atoms with Crippen molar-refractivity contribution in [2.75, 3.05) is 0 Å². The molecule has 0 spiro atoms. The molecule has 0 aliphatic rings. The van der Waals surface area contributed by atoms with Crippen LogP contribution in [0.25, 0.3) is 0 Å². The van der Waals surface area contributed by atoms with Gasteiger partial charge in [0.1, 0.15) is 23.7 Å². The monoisotopic (exact) mass is 262 g/mol. The van der Waals surface area contributed by atoms with Gasteiger partial charge < -0.3 is 10.5 Å². The van der Waals surface area contributed by atoms with E-state index in [2.05, 4.69) is 19.9 Å². The lowest BCUT2D eigenvalue weighted by Crippen LogP contribution is -2.19. The van der Waals surface area contributed by atoms with Gasteiger partial charge in [-0.3, -0.25) is 4.98 Å². The van der Waals surface area contributed by atoms with Gasteiger partial charge in [0, 0.05) is 18.2 Å². The predicted molar refractivity (Wildman–Crippen MR) is 69.7 cm³/mol. The standard InChI is InChI=1S/C13H18N4O2/c1-8(14)6-11-13(5-4-9(2)15-11)18-7-12-10(3)16-19-17-12/h4-5,8H,6-7,14H2,1-3H3. The van der Waals surface area contributed by atoms with Gasteiger partial charge in [-0.15, -0.1) is 0 Å². The van der Waals surface area contributed by atoms with E-state index in [0.29, 0.717) is 18.7 Å². The topological polar surface area (TPSA) is 87.1 Å². The van der Waals surface area contributed by atoms with Gasteiger partial charge in [0.2, 0.25) is 0 Å². The number of pyridine rings is 1. The van der Waals surface area contributed by atoms with E-state index in [4.69, 9.17) is 10.5 Å². The summed E-state index contributed by atoms with van der Waals surface area (Å²) >= 11 is 0. The molecule has 2 N–H and O–H groups in total. The van der Waals surface area contributed by atoms with Gasteiger partial charge in [-0.05, 0) is 32.9 Å². The maximum Gasteiger partial charge on any atom is 0.145 e. The molecule has 2 heterocycles. The van der Waals surface area contributed by atoms with Crippen molar-refractivity contribution in [1.29, 1.82) is 0 Å². The minimum absolute atomic E-state index is 0.0344. The van der Waals surface area contributed by atoms with Gasteiger partial charge in [0.05, 0.1) is 5.69 Å². The van der Waals surface area contributed by atoms with Crippen LogP contribution in [0.3, 0.4) is 0 Å². The van der Waals surface area contributed by atoms with Crippen LogP contribution in [-0.2, 0) is 13.0 Å². The molecule has 2 aromatic rings. The highest BCUT2D eigenvalue weighted by Gasteiger charge is 2.11. The van der Waals surface area contributed by atoms with Crippen molar-refractivity contribution < 1.29 is 9.37 Å². The zero-order chi connectivity index (χ0) is 13.8. The Morgan fingerprint density at radius 3 is 2.68 bits per heavy atom. The Hall–Kier alpha value is -1.95. The molecule has 102 valence electrons. The molecule has 1 atom stereocenters. The van der Waals surface area contributed by atoms with E-state index in [0.717, 1.165) is 22.8 Å². The van der Waals surface area contributed by atoms with E-state index in [-0.39, 0.29) is 6.04 Å². The first-order chi connectivity index (χ1) is 9.06. The van der Waals surface area contributed by atoms with Gasteiger partial charge in [0.15, 0.2) is 0 Å². The van der Waals surface area contributed by atoms with Crippen molar-refractivity contribution >= 4 is 0 Å². The fourth-order valence-corrected chi connectivity index (χ4v) is 1.71. The smallest absolute Gasteiger partial charge is 0.145 e. The average Bonchev–Trinajstić information content (AvgIpc) is 2.73. The van der Waals surface area contributed by atoms with E-state index < -0.39 is 0 Å². The second-order valence-corrected chi connectivity index (χ2v) is 4.66. The van der Waals surface area contributed by atoms with E-state index in [1.807, 2.05) is 32.9 Å². The normalized spacial score (nSPS) is 12.4. The first-order valence-electron chi connectivity index (χ1n) is 6.19. The molecule has 6 nitrogen and oxygen atoms in total. The number of aryl methyl sites for hydroxylation is 2. The number of ether oxygens (including phenoxy) is 1. The third kappa shape index (κ3) is 3.51. The number of hydrogen-bond acceptors (Lipinski definition) is 6. The van der Waals surface area contributed by atoms with Crippen molar-refractivity contribution in [2.45, 2.75) is 39.8 Å². The van der Waals surface area contributed by atoms with Crippen LogP contribution in [0.1, 0.15) is 29.7 Å². The third-order valence-corrected chi connectivity index (χ3v) is 2.70. The molecule has 2 rings (SSSR count). The second kappa shape index (κ2) is 5.79. The largest absolute Gasteiger partial charge is 0.485 e. The fourth-order valence-electron chi connectivity index (χ4n) is 1.71. The van der Waals surface area contributed by atoms with Gasteiger partial charge >= 0.3 is 0 Å². The Kier molecular flexibility index (Phi) is 4.11. The molecule has 0 fully saturated rings. The summed E-state index contributed by atoms with van der Waals surface area (Å²) in [7, 11) is 0. The quantitative estimate of drug-likeness (QED) is 0.879. The summed E-state index contributed by atoms with van der Waals surface area (Å²) in [6.45, 7) is 6.02. The fraction of sp³-hybridized carbons (Fsp3) is 0.462. The molecule has 0 aromatic carbocycles.